The molecule has 0 radical (unpaired) electrons. The van der Waals surface area contributed by atoms with Crippen LogP contribution in [0, 0.1) is 5.92 Å². The van der Waals surface area contributed by atoms with E-state index in [2.05, 4.69) is 15.6 Å². The monoisotopic (exact) mass is 406 g/mol. The minimum Gasteiger partial charge on any atom is -0.355 e. The highest BCUT2D eigenvalue weighted by molar-refractivity contribution is 6.33. The minimum atomic E-state index is -4.50. The van der Waals surface area contributed by atoms with Gasteiger partial charge in [-0.3, -0.25) is 9.59 Å². The molecule has 0 aliphatic carbocycles. The van der Waals surface area contributed by atoms with Gasteiger partial charge >= 0.3 is 6.18 Å². The van der Waals surface area contributed by atoms with Crippen molar-refractivity contribution in [1.82, 2.24) is 15.6 Å². The number of rotatable bonds is 5. The molecule has 10 heteroatoms. The molecule has 0 saturated carbocycles. The number of pyridine rings is 1. The highest BCUT2D eigenvalue weighted by atomic mass is 35.5. The zero-order valence-corrected chi connectivity index (χ0v) is 15.8. The Morgan fingerprint density at radius 2 is 2.00 bits per heavy atom. The van der Waals surface area contributed by atoms with Crippen LogP contribution in [0.15, 0.2) is 12.3 Å². The number of likely N-dealkylation sites (N-methyl/N-ethyl adjacent to an activating group) is 1. The second-order valence-corrected chi connectivity index (χ2v) is 6.82. The van der Waals surface area contributed by atoms with Crippen LogP contribution in [-0.2, 0) is 15.8 Å². The molecule has 27 heavy (non-hydrogen) atoms. The van der Waals surface area contributed by atoms with Crippen LogP contribution in [0.1, 0.15) is 32.3 Å². The number of aromatic nitrogens is 1. The van der Waals surface area contributed by atoms with Gasteiger partial charge in [-0.2, -0.15) is 13.2 Å². The van der Waals surface area contributed by atoms with E-state index in [9.17, 15) is 22.8 Å². The van der Waals surface area contributed by atoms with Crippen molar-refractivity contribution in [2.24, 2.45) is 5.92 Å². The van der Waals surface area contributed by atoms with Gasteiger partial charge in [0.1, 0.15) is 11.9 Å². The maximum absolute atomic E-state index is 12.7. The van der Waals surface area contributed by atoms with Crippen LogP contribution in [0.4, 0.5) is 19.0 Å². The summed E-state index contributed by atoms with van der Waals surface area (Å²) in [5.74, 6) is -0.450. The third kappa shape index (κ3) is 5.47. The summed E-state index contributed by atoms with van der Waals surface area (Å²) in [4.78, 5) is 29.6. The fourth-order valence-corrected chi connectivity index (χ4v) is 3.18. The van der Waals surface area contributed by atoms with Crippen molar-refractivity contribution in [3.05, 3.63) is 22.8 Å². The van der Waals surface area contributed by atoms with Crippen molar-refractivity contribution in [3.8, 4) is 0 Å². The van der Waals surface area contributed by atoms with Gasteiger partial charge in [-0.1, -0.05) is 11.6 Å². The first-order valence-electron chi connectivity index (χ1n) is 8.69. The second-order valence-electron chi connectivity index (χ2n) is 6.41. The Kier molecular flexibility index (Phi) is 6.91. The molecule has 2 amide bonds. The van der Waals surface area contributed by atoms with Crippen molar-refractivity contribution in [3.63, 3.8) is 0 Å². The van der Waals surface area contributed by atoms with Crippen molar-refractivity contribution >= 4 is 29.2 Å². The van der Waals surface area contributed by atoms with E-state index in [4.69, 9.17) is 11.6 Å². The molecule has 6 nitrogen and oxygen atoms in total. The molecule has 1 unspecified atom stereocenters. The van der Waals surface area contributed by atoms with E-state index < -0.39 is 17.8 Å². The van der Waals surface area contributed by atoms with Crippen LogP contribution in [0.3, 0.4) is 0 Å². The molecule has 2 heterocycles. The average molecular weight is 407 g/mol. The predicted molar refractivity (Wildman–Crippen MR) is 95.5 cm³/mol. The van der Waals surface area contributed by atoms with Crippen molar-refractivity contribution in [2.75, 3.05) is 24.5 Å². The van der Waals surface area contributed by atoms with Crippen LogP contribution in [0.5, 0.6) is 0 Å². The summed E-state index contributed by atoms with van der Waals surface area (Å²) in [6.07, 6.45) is -2.75. The van der Waals surface area contributed by atoms with Gasteiger partial charge in [-0.15, -0.1) is 0 Å². The molecule has 1 aromatic rings. The Hall–Kier alpha value is -2.03. The fraction of sp³-hybridized carbons (Fsp3) is 0.588. The molecular formula is C17H22ClF3N4O2. The fourth-order valence-electron chi connectivity index (χ4n) is 2.90. The quantitative estimate of drug-likeness (QED) is 0.788. The summed E-state index contributed by atoms with van der Waals surface area (Å²) >= 11 is 5.97. The summed E-state index contributed by atoms with van der Waals surface area (Å²) in [6.45, 7) is 4.77. The Balaban J connectivity index is 1.93. The molecule has 1 saturated heterocycles. The Morgan fingerprint density at radius 3 is 2.52 bits per heavy atom. The number of alkyl halides is 3. The SMILES string of the molecule is CCNC(=O)C(C)NC(=O)C1CCN(c2ncc(C(F)(F)F)cc2Cl)CC1. The zero-order valence-electron chi connectivity index (χ0n) is 15.1. The van der Waals surface area contributed by atoms with Crippen LogP contribution in [0.2, 0.25) is 5.02 Å². The summed E-state index contributed by atoms with van der Waals surface area (Å²) in [5, 5.41) is 5.25. The van der Waals surface area contributed by atoms with E-state index in [-0.39, 0.29) is 28.6 Å². The largest absolute Gasteiger partial charge is 0.417 e. The van der Waals surface area contributed by atoms with Crippen molar-refractivity contribution in [2.45, 2.75) is 38.9 Å². The highest BCUT2D eigenvalue weighted by Gasteiger charge is 2.33. The lowest BCUT2D eigenvalue weighted by atomic mass is 9.95. The lowest BCUT2D eigenvalue weighted by molar-refractivity contribution is -0.137. The van der Waals surface area contributed by atoms with Crippen LogP contribution in [-0.4, -0.2) is 42.5 Å². The molecule has 1 atom stereocenters. The molecule has 0 aromatic carbocycles. The topological polar surface area (TPSA) is 74.3 Å². The molecule has 1 aromatic heterocycles. The Labute approximate surface area is 160 Å². The third-order valence-corrected chi connectivity index (χ3v) is 4.70. The van der Waals surface area contributed by atoms with Crippen molar-refractivity contribution < 1.29 is 22.8 Å². The standard InChI is InChI=1S/C17H22ClF3N4O2/c1-3-22-15(26)10(2)24-16(27)11-4-6-25(7-5-11)14-13(18)8-12(9-23-14)17(19,20)21/h8-11H,3-7H2,1-2H3,(H,22,26)(H,24,27). The van der Waals surface area contributed by atoms with E-state index in [1.165, 1.54) is 0 Å². The number of carbonyl (C=O) groups excluding carboxylic acids is 2. The van der Waals surface area contributed by atoms with Gasteiger partial charge in [0.2, 0.25) is 11.8 Å². The van der Waals surface area contributed by atoms with Gasteiger partial charge in [0.05, 0.1) is 10.6 Å². The normalized spacial score (nSPS) is 16.7. The third-order valence-electron chi connectivity index (χ3n) is 4.42. The smallest absolute Gasteiger partial charge is 0.355 e. The number of piperidine rings is 1. The number of amides is 2. The second kappa shape index (κ2) is 8.77. The first kappa shape index (κ1) is 21.3. The van der Waals surface area contributed by atoms with Crippen LogP contribution >= 0.6 is 11.6 Å². The number of hydrogen-bond donors (Lipinski definition) is 2. The van der Waals surface area contributed by atoms with Gasteiger partial charge in [0, 0.05) is 31.7 Å². The minimum absolute atomic E-state index is 0.0717. The molecule has 2 rings (SSSR count). The van der Waals surface area contributed by atoms with E-state index >= 15 is 0 Å². The molecule has 1 aliphatic heterocycles. The average Bonchev–Trinajstić information content (AvgIpc) is 2.61. The van der Waals surface area contributed by atoms with Crippen LogP contribution < -0.4 is 15.5 Å². The van der Waals surface area contributed by atoms with Gasteiger partial charge in [-0.25, -0.2) is 4.98 Å². The number of carbonyl (C=O) groups is 2. The van der Waals surface area contributed by atoms with E-state index in [0.29, 0.717) is 32.5 Å². The molecule has 0 spiro atoms. The van der Waals surface area contributed by atoms with E-state index in [0.717, 1.165) is 12.3 Å². The lowest BCUT2D eigenvalue weighted by Gasteiger charge is -2.33. The summed E-state index contributed by atoms with van der Waals surface area (Å²) in [6, 6.07) is 0.234. The maximum atomic E-state index is 12.7. The number of nitrogens with zero attached hydrogens (tertiary/aromatic N) is 2. The molecular weight excluding hydrogens is 385 g/mol. The first-order valence-corrected chi connectivity index (χ1v) is 9.07. The van der Waals surface area contributed by atoms with E-state index in [1.54, 1.807) is 18.7 Å². The number of halogens is 4. The zero-order chi connectivity index (χ0) is 20.2. The van der Waals surface area contributed by atoms with Gasteiger partial charge in [-0.05, 0) is 32.8 Å². The summed E-state index contributed by atoms with van der Waals surface area (Å²) < 4.78 is 38.1. The van der Waals surface area contributed by atoms with Gasteiger partial charge < -0.3 is 15.5 Å². The number of nitrogens with one attached hydrogen (secondary N) is 2. The van der Waals surface area contributed by atoms with Gasteiger partial charge in [0.25, 0.3) is 0 Å². The number of hydrogen-bond acceptors (Lipinski definition) is 4. The van der Waals surface area contributed by atoms with Gasteiger partial charge in [0.15, 0.2) is 0 Å². The molecule has 1 fully saturated rings. The maximum Gasteiger partial charge on any atom is 0.417 e. The van der Waals surface area contributed by atoms with E-state index in [1.807, 2.05) is 0 Å². The molecule has 0 bridgehead atoms. The predicted octanol–water partition coefficient (Wildman–Crippen LogP) is 2.61. The Bertz CT molecular complexity index is 691. The summed E-state index contributed by atoms with van der Waals surface area (Å²) in [5.41, 5.74) is -0.898. The highest BCUT2D eigenvalue weighted by Crippen LogP contribution is 2.34. The van der Waals surface area contributed by atoms with Crippen molar-refractivity contribution in [1.29, 1.82) is 0 Å². The molecule has 2 N–H and O–H groups in total. The molecule has 1 aliphatic rings. The van der Waals surface area contributed by atoms with Crippen LogP contribution in [0.25, 0.3) is 0 Å². The molecule has 150 valence electrons. The first-order chi connectivity index (χ1) is 12.6. The Morgan fingerprint density at radius 1 is 1.37 bits per heavy atom. The number of anilines is 1. The summed E-state index contributed by atoms with van der Waals surface area (Å²) in [7, 11) is 0. The lowest BCUT2D eigenvalue weighted by Crippen LogP contribution is -2.48.